The van der Waals surface area contributed by atoms with Crippen LogP contribution in [0.3, 0.4) is 0 Å². The first kappa shape index (κ1) is 13.2. The first-order valence-electron chi connectivity index (χ1n) is 6.34. The third-order valence-electron chi connectivity index (χ3n) is 3.11. The third kappa shape index (κ3) is 3.64. The minimum atomic E-state index is 0.515. The first-order chi connectivity index (χ1) is 7.54. The zero-order valence-electron chi connectivity index (χ0n) is 11.0. The van der Waals surface area contributed by atoms with Crippen LogP contribution < -0.4 is 5.73 Å². The summed E-state index contributed by atoms with van der Waals surface area (Å²) in [4.78, 5) is 0. The SMILES string of the molecule is CC(C)CC(CN)c1ccc(C(C)C)cc1. The molecule has 90 valence electrons. The van der Waals surface area contributed by atoms with Crippen LogP contribution in [0, 0.1) is 5.92 Å². The maximum Gasteiger partial charge on any atom is -0.000814 e. The molecule has 0 aliphatic heterocycles. The predicted molar refractivity (Wildman–Crippen MR) is 71.8 cm³/mol. The molecule has 1 rings (SSSR count). The van der Waals surface area contributed by atoms with Crippen LogP contribution in [0.5, 0.6) is 0 Å². The van der Waals surface area contributed by atoms with Gasteiger partial charge in [-0.1, -0.05) is 52.0 Å². The second-order valence-electron chi connectivity index (χ2n) is 5.38. The Bertz CT molecular complexity index is 298. The molecule has 2 N–H and O–H groups in total. The minimum absolute atomic E-state index is 0.515. The molecule has 0 spiro atoms. The minimum Gasteiger partial charge on any atom is -0.330 e. The van der Waals surface area contributed by atoms with Gasteiger partial charge in [0.25, 0.3) is 0 Å². The maximum absolute atomic E-state index is 5.85. The molecule has 0 aliphatic rings. The largest absolute Gasteiger partial charge is 0.330 e. The van der Waals surface area contributed by atoms with E-state index < -0.39 is 0 Å². The molecule has 1 aromatic rings. The molecule has 0 aliphatic carbocycles. The molecule has 1 unspecified atom stereocenters. The van der Waals surface area contributed by atoms with Crippen molar-refractivity contribution < 1.29 is 0 Å². The van der Waals surface area contributed by atoms with Crippen LogP contribution in [0.2, 0.25) is 0 Å². The van der Waals surface area contributed by atoms with Gasteiger partial charge in [-0.25, -0.2) is 0 Å². The van der Waals surface area contributed by atoms with E-state index >= 15 is 0 Å². The fourth-order valence-electron chi connectivity index (χ4n) is 2.09. The lowest BCUT2D eigenvalue weighted by molar-refractivity contribution is 0.504. The molecule has 0 bridgehead atoms. The van der Waals surface area contributed by atoms with Crippen LogP contribution >= 0.6 is 0 Å². The number of hydrogen-bond donors (Lipinski definition) is 1. The van der Waals surface area contributed by atoms with E-state index in [4.69, 9.17) is 5.73 Å². The third-order valence-corrected chi connectivity index (χ3v) is 3.11. The van der Waals surface area contributed by atoms with Crippen molar-refractivity contribution in [1.29, 1.82) is 0 Å². The van der Waals surface area contributed by atoms with Crippen LogP contribution in [0.4, 0.5) is 0 Å². The molecule has 0 saturated heterocycles. The molecule has 0 radical (unpaired) electrons. The normalized spacial score (nSPS) is 13.4. The van der Waals surface area contributed by atoms with Crippen LogP contribution in [-0.2, 0) is 0 Å². The standard InChI is InChI=1S/C15H25N/c1-11(2)9-15(10-16)14-7-5-13(6-8-14)12(3)4/h5-8,11-12,15H,9-10,16H2,1-4H3. The zero-order valence-corrected chi connectivity index (χ0v) is 11.0. The summed E-state index contributed by atoms with van der Waals surface area (Å²) < 4.78 is 0. The van der Waals surface area contributed by atoms with Crippen LogP contribution in [0.15, 0.2) is 24.3 Å². The summed E-state index contributed by atoms with van der Waals surface area (Å²) in [6.07, 6.45) is 1.18. The lowest BCUT2D eigenvalue weighted by Gasteiger charge is -2.18. The summed E-state index contributed by atoms with van der Waals surface area (Å²) in [5, 5.41) is 0. The van der Waals surface area contributed by atoms with Crippen molar-refractivity contribution in [1.82, 2.24) is 0 Å². The second kappa shape index (κ2) is 6.05. The Morgan fingerprint density at radius 3 is 1.81 bits per heavy atom. The summed E-state index contributed by atoms with van der Waals surface area (Å²) >= 11 is 0. The van der Waals surface area contributed by atoms with Gasteiger partial charge in [-0.15, -0.1) is 0 Å². The smallest absolute Gasteiger partial charge is 0.000814 e. The van der Waals surface area contributed by atoms with Crippen LogP contribution in [0.1, 0.15) is 57.1 Å². The summed E-state index contributed by atoms with van der Waals surface area (Å²) in [7, 11) is 0. The van der Waals surface area contributed by atoms with E-state index in [0.717, 1.165) is 6.54 Å². The second-order valence-corrected chi connectivity index (χ2v) is 5.38. The Kier molecular flexibility index (Phi) is 5.01. The summed E-state index contributed by atoms with van der Waals surface area (Å²) in [6.45, 7) is 9.71. The van der Waals surface area contributed by atoms with Gasteiger partial charge in [0.15, 0.2) is 0 Å². The summed E-state index contributed by atoms with van der Waals surface area (Å²) in [5.41, 5.74) is 8.65. The molecule has 0 amide bonds. The monoisotopic (exact) mass is 219 g/mol. The van der Waals surface area contributed by atoms with Gasteiger partial charge >= 0.3 is 0 Å². The Morgan fingerprint density at radius 2 is 1.44 bits per heavy atom. The number of rotatable bonds is 5. The van der Waals surface area contributed by atoms with Crippen molar-refractivity contribution in [3.63, 3.8) is 0 Å². The van der Waals surface area contributed by atoms with E-state index in [-0.39, 0.29) is 0 Å². The lowest BCUT2D eigenvalue weighted by atomic mass is 9.89. The van der Waals surface area contributed by atoms with E-state index in [1.807, 2.05) is 0 Å². The maximum atomic E-state index is 5.85. The average Bonchev–Trinajstić information content (AvgIpc) is 2.25. The van der Waals surface area contributed by atoms with Gasteiger partial charge in [-0.05, 0) is 41.8 Å². The van der Waals surface area contributed by atoms with Crippen molar-refractivity contribution in [3.05, 3.63) is 35.4 Å². The predicted octanol–water partition coefficient (Wildman–Crippen LogP) is 3.90. The van der Waals surface area contributed by atoms with Crippen LogP contribution in [-0.4, -0.2) is 6.54 Å². The molecule has 1 nitrogen and oxygen atoms in total. The van der Waals surface area contributed by atoms with Gasteiger partial charge in [-0.2, -0.15) is 0 Å². The van der Waals surface area contributed by atoms with E-state index in [1.165, 1.54) is 17.5 Å². The van der Waals surface area contributed by atoms with E-state index in [0.29, 0.717) is 17.8 Å². The summed E-state index contributed by atoms with van der Waals surface area (Å²) in [6, 6.07) is 8.97. The zero-order chi connectivity index (χ0) is 12.1. The highest BCUT2D eigenvalue weighted by Gasteiger charge is 2.11. The van der Waals surface area contributed by atoms with Crippen molar-refractivity contribution >= 4 is 0 Å². The van der Waals surface area contributed by atoms with Crippen molar-refractivity contribution in [3.8, 4) is 0 Å². The Morgan fingerprint density at radius 1 is 0.938 bits per heavy atom. The molecule has 16 heavy (non-hydrogen) atoms. The van der Waals surface area contributed by atoms with Gasteiger partial charge in [0, 0.05) is 0 Å². The molecular weight excluding hydrogens is 194 g/mol. The highest BCUT2D eigenvalue weighted by molar-refractivity contribution is 5.27. The van der Waals surface area contributed by atoms with Gasteiger partial charge in [0.2, 0.25) is 0 Å². The highest BCUT2D eigenvalue weighted by atomic mass is 14.5. The summed E-state index contributed by atoms with van der Waals surface area (Å²) in [5.74, 6) is 1.83. The van der Waals surface area contributed by atoms with Crippen LogP contribution in [0.25, 0.3) is 0 Å². The fourth-order valence-corrected chi connectivity index (χ4v) is 2.09. The molecular formula is C15H25N. The molecule has 1 atom stereocenters. The topological polar surface area (TPSA) is 26.0 Å². The fraction of sp³-hybridized carbons (Fsp3) is 0.600. The highest BCUT2D eigenvalue weighted by Crippen LogP contribution is 2.24. The van der Waals surface area contributed by atoms with Crippen molar-refractivity contribution in [2.24, 2.45) is 11.7 Å². The lowest BCUT2D eigenvalue weighted by Crippen LogP contribution is -2.14. The molecule has 0 saturated carbocycles. The Labute approximate surface area is 100 Å². The number of nitrogens with two attached hydrogens (primary N) is 1. The molecule has 0 heterocycles. The van der Waals surface area contributed by atoms with Crippen molar-refractivity contribution in [2.75, 3.05) is 6.54 Å². The van der Waals surface area contributed by atoms with Gasteiger partial charge < -0.3 is 5.73 Å². The first-order valence-corrected chi connectivity index (χ1v) is 6.34. The van der Waals surface area contributed by atoms with Gasteiger partial charge in [0.05, 0.1) is 0 Å². The van der Waals surface area contributed by atoms with Gasteiger partial charge in [0.1, 0.15) is 0 Å². The van der Waals surface area contributed by atoms with E-state index in [9.17, 15) is 0 Å². The number of benzene rings is 1. The quantitative estimate of drug-likeness (QED) is 0.798. The molecule has 0 fully saturated rings. The number of hydrogen-bond acceptors (Lipinski definition) is 1. The van der Waals surface area contributed by atoms with Crippen molar-refractivity contribution in [2.45, 2.75) is 46.0 Å². The molecule has 1 heteroatoms. The molecule has 1 aromatic carbocycles. The Balaban J connectivity index is 2.78. The van der Waals surface area contributed by atoms with E-state index in [2.05, 4.69) is 52.0 Å². The average molecular weight is 219 g/mol. The molecule has 0 aromatic heterocycles. The van der Waals surface area contributed by atoms with E-state index in [1.54, 1.807) is 0 Å². The van der Waals surface area contributed by atoms with Gasteiger partial charge in [-0.3, -0.25) is 0 Å². The Hall–Kier alpha value is -0.820.